The lowest BCUT2D eigenvalue weighted by Gasteiger charge is -2.32. The quantitative estimate of drug-likeness (QED) is 0.890. The maximum atomic E-state index is 11.5. The van der Waals surface area contributed by atoms with Crippen molar-refractivity contribution in [3.05, 3.63) is 35.9 Å². The van der Waals surface area contributed by atoms with Gasteiger partial charge in [-0.25, -0.2) is 8.42 Å². The van der Waals surface area contributed by atoms with E-state index in [2.05, 4.69) is 41.4 Å². The Labute approximate surface area is 122 Å². The van der Waals surface area contributed by atoms with E-state index >= 15 is 0 Å². The minimum absolute atomic E-state index is 0.301. The Balaban J connectivity index is 1.95. The molecule has 0 bridgehead atoms. The molecule has 1 saturated heterocycles. The van der Waals surface area contributed by atoms with Crippen LogP contribution in [0.3, 0.4) is 0 Å². The molecule has 1 aliphatic heterocycles. The number of nitrogens with zero attached hydrogens (tertiary/aromatic N) is 1. The summed E-state index contributed by atoms with van der Waals surface area (Å²) in [4.78, 5) is 2.26. The molecule has 112 valence electrons. The fraction of sp³-hybridized carbons (Fsp3) is 0.600. The predicted molar refractivity (Wildman–Crippen MR) is 82.5 cm³/mol. The number of nitrogens with one attached hydrogen (secondary N) is 1. The first kappa shape index (κ1) is 15.5. The van der Waals surface area contributed by atoms with Crippen molar-refractivity contribution in [3.63, 3.8) is 0 Å². The minimum Gasteiger partial charge on any atom is -0.313 e. The van der Waals surface area contributed by atoms with E-state index in [-0.39, 0.29) is 0 Å². The van der Waals surface area contributed by atoms with E-state index in [0.717, 1.165) is 6.54 Å². The zero-order chi connectivity index (χ0) is 14.6. The van der Waals surface area contributed by atoms with Crippen LogP contribution in [0.15, 0.2) is 30.3 Å². The zero-order valence-electron chi connectivity index (χ0n) is 12.2. The Kier molecular flexibility index (Phi) is 5.18. The van der Waals surface area contributed by atoms with Gasteiger partial charge in [-0.05, 0) is 18.5 Å². The van der Waals surface area contributed by atoms with Gasteiger partial charge in [-0.2, -0.15) is 0 Å². The van der Waals surface area contributed by atoms with Crippen LogP contribution in [0.5, 0.6) is 0 Å². The molecular formula is C15H24N2O2S. The third kappa shape index (κ3) is 4.04. The lowest BCUT2D eigenvalue weighted by Crippen LogP contribution is -2.43. The van der Waals surface area contributed by atoms with Gasteiger partial charge in [0.25, 0.3) is 0 Å². The molecule has 2 rings (SSSR count). The van der Waals surface area contributed by atoms with Crippen LogP contribution in [-0.2, 0) is 9.84 Å². The molecule has 0 aromatic heterocycles. The molecule has 0 radical (unpaired) electrons. The molecule has 2 unspecified atom stereocenters. The minimum atomic E-state index is -2.79. The molecule has 1 aromatic carbocycles. The molecule has 1 N–H and O–H groups in total. The van der Waals surface area contributed by atoms with Gasteiger partial charge >= 0.3 is 0 Å². The van der Waals surface area contributed by atoms with Gasteiger partial charge in [-0.15, -0.1) is 0 Å². The number of benzene rings is 1. The number of sulfone groups is 1. The molecule has 0 amide bonds. The fourth-order valence-electron chi connectivity index (χ4n) is 2.89. The van der Waals surface area contributed by atoms with Crippen LogP contribution in [0, 0.1) is 5.92 Å². The maximum Gasteiger partial charge on any atom is 0.152 e. The third-order valence-corrected chi connectivity index (χ3v) is 5.63. The Bertz CT molecular complexity index is 502. The molecule has 1 heterocycles. The van der Waals surface area contributed by atoms with E-state index in [1.165, 1.54) is 5.56 Å². The maximum absolute atomic E-state index is 11.5. The van der Waals surface area contributed by atoms with Crippen molar-refractivity contribution < 1.29 is 8.42 Å². The zero-order valence-corrected chi connectivity index (χ0v) is 13.1. The molecule has 1 aromatic rings. The van der Waals surface area contributed by atoms with Crippen LogP contribution in [-0.4, -0.2) is 51.5 Å². The van der Waals surface area contributed by atoms with Crippen molar-refractivity contribution in [2.24, 2.45) is 5.92 Å². The summed E-state index contributed by atoms with van der Waals surface area (Å²) in [5, 5.41) is 3.38. The first-order chi connectivity index (χ1) is 9.52. The summed E-state index contributed by atoms with van der Waals surface area (Å²) in [6, 6.07) is 10.7. The van der Waals surface area contributed by atoms with Gasteiger partial charge in [-0.1, -0.05) is 37.3 Å². The summed E-state index contributed by atoms with van der Waals surface area (Å²) in [5.41, 5.74) is 1.28. The van der Waals surface area contributed by atoms with E-state index in [9.17, 15) is 8.42 Å². The van der Waals surface area contributed by atoms with Crippen molar-refractivity contribution in [1.29, 1.82) is 0 Å². The van der Waals surface area contributed by atoms with Gasteiger partial charge in [0.2, 0.25) is 0 Å². The SMILES string of the molecule is CNC(c1ccccc1)C(C)CN1CCS(=O)(=O)CC1. The van der Waals surface area contributed by atoms with Crippen LogP contribution in [0.1, 0.15) is 18.5 Å². The average molecular weight is 296 g/mol. The highest BCUT2D eigenvalue weighted by molar-refractivity contribution is 7.91. The first-order valence-electron chi connectivity index (χ1n) is 7.17. The van der Waals surface area contributed by atoms with Crippen molar-refractivity contribution >= 4 is 9.84 Å². The second kappa shape index (κ2) is 6.70. The van der Waals surface area contributed by atoms with Crippen LogP contribution < -0.4 is 5.32 Å². The molecule has 20 heavy (non-hydrogen) atoms. The molecule has 1 fully saturated rings. The Morgan fingerprint density at radius 3 is 2.35 bits per heavy atom. The van der Waals surface area contributed by atoms with E-state index in [0.29, 0.717) is 36.6 Å². The van der Waals surface area contributed by atoms with Crippen molar-refractivity contribution in [1.82, 2.24) is 10.2 Å². The standard InChI is InChI=1S/C15H24N2O2S/c1-13(12-17-8-10-20(18,19)11-9-17)15(16-2)14-6-4-3-5-7-14/h3-7,13,15-16H,8-12H2,1-2H3. The summed E-state index contributed by atoms with van der Waals surface area (Å²) in [6.45, 7) is 4.48. The molecule has 0 spiro atoms. The molecule has 0 aliphatic carbocycles. The highest BCUT2D eigenvalue weighted by Crippen LogP contribution is 2.22. The molecule has 5 heteroatoms. The van der Waals surface area contributed by atoms with Crippen molar-refractivity contribution in [2.75, 3.05) is 38.2 Å². The van der Waals surface area contributed by atoms with Crippen molar-refractivity contribution in [2.45, 2.75) is 13.0 Å². The van der Waals surface area contributed by atoms with E-state index in [1.54, 1.807) is 0 Å². The smallest absolute Gasteiger partial charge is 0.152 e. The van der Waals surface area contributed by atoms with Crippen LogP contribution in [0.4, 0.5) is 0 Å². The monoisotopic (exact) mass is 296 g/mol. The Hall–Kier alpha value is -0.910. The van der Waals surface area contributed by atoms with Crippen LogP contribution in [0.2, 0.25) is 0 Å². The molecular weight excluding hydrogens is 272 g/mol. The van der Waals surface area contributed by atoms with Gasteiger partial charge in [0.15, 0.2) is 9.84 Å². The van der Waals surface area contributed by atoms with Crippen LogP contribution in [0.25, 0.3) is 0 Å². The number of rotatable bonds is 5. The molecule has 2 atom stereocenters. The first-order valence-corrected chi connectivity index (χ1v) is 8.99. The second-order valence-electron chi connectivity index (χ2n) is 5.61. The predicted octanol–water partition coefficient (Wildman–Crippen LogP) is 1.31. The van der Waals surface area contributed by atoms with Gasteiger partial charge < -0.3 is 10.2 Å². The lowest BCUT2D eigenvalue weighted by atomic mass is 9.94. The summed E-state index contributed by atoms with van der Waals surface area (Å²) >= 11 is 0. The third-order valence-electron chi connectivity index (χ3n) is 4.02. The van der Waals surface area contributed by atoms with Crippen LogP contribution >= 0.6 is 0 Å². The number of hydrogen-bond donors (Lipinski definition) is 1. The summed E-state index contributed by atoms with van der Waals surface area (Å²) in [7, 11) is -0.806. The van der Waals surface area contributed by atoms with Gasteiger partial charge in [-0.3, -0.25) is 0 Å². The topological polar surface area (TPSA) is 49.4 Å². The Morgan fingerprint density at radius 2 is 1.80 bits per heavy atom. The normalized spacial score (nSPS) is 22.3. The second-order valence-corrected chi connectivity index (χ2v) is 7.91. The molecule has 1 aliphatic rings. The number of hydrogen-bond acceptors (Lipinski definition) is 4. The Morgan fingerprint density at radius 1 is 1.20 bits per heavy atom. The average Bonchev–Trinajstić information content (AvgIpc) is 2.43. The van der Waals surface area contributed by atoms with E-state index in [1.807, 2.05) is 13.1 Å². The summed E-state index contributed by atoms with van der Waals surface area (Å²) in [5.74, 6) is 1.04. The largest absolute Gasteiger partial charge is 0.313 e. The van der Waals surface area contributed by atoms with Crippen molar-refractivity contribution in [3.8, 4) is 0 Å². The van der Waals surface area contributed by atoms with Gasteiger partial charge in [0.1, 0.15) is 0 Å². The van der Waals surface area contributed by atoms with Gasteiger partial charge in [0, 0.05) is 25.7 Å². The van der Waals surface area contributed by atoms with E-state index < -0.39 is 9.84 Å². The van der Waals surface area contributed by atoms with E-state index in [4.69, 9.17) is 0 Å². The fourth-order valence-corrected chi connectivity index (χ4v) is 4.16. The highest BCUT2D eigenvalue weighted by atomic mass is 32.2. The lowest BCUT2D eigenvalue weighted by molar-refractivity contribution is 0.227. The highest BCUT2D eigenvalue weighted by Gasteiger charge is 2.25. The van der Waals surface area contributed by atoms with Gasteiger partial charge in [0.05, 0.1) is 11.5 Å². The molecule has 4 nitrogen and oxygen atoms in total. The summed E-state index contributed by atoms with van der Waals surface area (Å²) < 4.78 is 22.9. The molecule has 0 saturated carbocycles. The summed E-state index contributed by atoms with van der Waals surface area (Å²) in [6.07, 6.45) is 0.